The lowest BCUT2D eigenvalue weighted by Crippen LogP contribution is -2.27. The van der Waals surface area contributed by atoms with Crippen molar-refractivity contribution >= 4 is 21.6 Å². The number of nitrogen functional groups attached to an aromatic ring is 1. The second kappa shape index (κ2) is 8.05. The molecule has 0 aliphatic heterocycles. The van der Waals surface area contributed by atoms with Gasteiger partial charge in [0.2, 0.25) is 0 Å². The van der Waals surface area contributed by atoms with E-state index in [1.807, 2.05) is 42.5 Å². The molecule has 0 aromatic heterocycles. The highest BCUT2D eigenvalue weighted by Gasteiger charge is 2.04. The molecule has 2 aromatic rings. The van der Waals surface area contributed by atoms with Crippen LogP contribution < -0.4 is 10.5 Å². The number of likely N-dealkylation sites (N-methyl/N-ethyl adjacent to an activating group) is 1. The molecule has 0 aliphatic carbocycles. The minimum Gasteiger partial charge on any atom is -0.492 e. The molecule has 0 bridgehead atoms. The van der Waals surface area contributed by atoms with Gasteiger partial charge < -0.3 is 10.5 Å². The van der Waals surface area contributed by atoms with Gasteiger partial charge in [0.1, 0.15) is 12.4 Å². The predicted molar refractivity (Wildman–Crippen MR) is 91.4 cm³/mol. The van der Waals surface area contributed by atoms with Gasteiger partial charge in [0.15, 0.2) is 0 Å². The van der Waals surface area contributed by atoms with Crippen molar-refractivity contribution in [3.8, 4) is 5.75 Å². The maximum atomic E-state index is 5.82. The van der Waals surface area contributed by atoms with E-state index in [4.69, 9.17) is 10.5 Å². The van der Waals surface area contributed by atoms with Crippen molar-refractivity contribution in [3.05, 3.63) is 58.6 Å². The first kappa shape index (κ1) is 15.9. The number of halogens is 1. The molecule has 3 nitrogen and oxygen atoms in total. The fourth-order valence-corrected chi connectivity index (χ4v) is 2.39. The van der Waals surface area contributed by atoms with Gasteiger partial charge in [0.25, 0.3) is 0 Å². The molecule has 2 N–H and O–H groups in total. The van der Waals surface area contributed by atoms with Gasteiger partial charge in [-0.1, -0.05) is 35.0 Å². The van der Waals surface area contributed by atoms with Gasteiger partial charge in [0.05, 0.1) is 0 Å². The third-order valence-corrected chi connectivity index (χ3v) is 3.82. The minimum absolute atomic E-state index is 0.678. The first-order valence-corrected chi connectivity index (χ1v) is 7.92. The average molecular weight is 349 g/mol. The Hall–Kier alpha value is -1.52. The molecule has 0 unspecified atom stereocenters. The maximum absolute atomic E-state index is 5.82. The van der Waals surface area contributed by atoms with Crippen LogP contribution in [0.25, 0.3) is 0 Å². The molecule has 0 saturated carbocycles. The van der Waals surface area contributed by atoms with Crippen LogP contribution >= 0.6 is 15.9 Å². The molecule has 2 aromatic carbocycles. The summed E-state index contributed by atoms with van der Waals surface area (Å²) in [5, 5.41) is 0. The van der Waals surface area contributed by atoms with Gasteiger partial charge in [-0.25, -0.2) is 0 Å². The van der Waals surface area contributed by atoms with Gasteiger partial charge in [-0.2, -0.15) is 0 Å². The highest BCUT2D eigenvalue weighted by atomic mass is 79.9. The number of hydrogen-bond donors (Lipinski definition) is 1. The van der Waals surface area contributed by atoms with Crippen molar-refractivity contribution in [1.82, 2.24) is 4.90 Å². The number of rotatable bonds is 7. The Labute approximate surface area is 134 Å². The molecule has 0 heterocycles. The van der Waals surface area contributed by atoms with Crippen molar-refractivity contribution in [2.75, 3.05) is 25.4 Å². The van der Waals surface area contributed by atoms with Gasteiger partial charge in [-0.3, -0.25) is 4.90 Å². The average Bonchev–Trinajstić information content (AvgIpc) is 2.48. The Balaban J connectivity index is 1.81. The van der Waals surface area contributed by atoms with Crippen LogP contribution in [-0.4, -0.2) is 24.6 Å². The fourth-order valence-electron chi connectivity index (χ4n) is 2.12. The van der Waals surface area contributed by atoms with E-state index < -0.39 is 0 Å². The number of nitrogens with two attached hydrogens (primary N) is 1. The quantitative estimate of drug-likeness (QED) is 0.770. The molecular formula is C17H21BrN2O. The predicted octanol–water partition coefficient (Wildman–Crippen LogP) is 3.93. The second-order valence-corrected chi connectivity index (χ2v) is 5.83. The Kier molecular flexibility index (Phi) is 6.08. The van der Waals surface area contributed by atoms with Crippen LogP contribution in [0.15, 0.2) is 53.0 Å². The summed E-state index contributed by atoms with van der Waals surface area (Å²) in [5.41, 5.74) is 7.87. The summed E-state index contributed by atoms with van der Waals surface area (Å²) in [4.78, 5) is 2.34. The number of ether oxygens (including phenoxy) is 1. The molecule has 0 atom stereocenters. The molecular weight excluding hydrogens is 328 g/mol. The maximum Gasteiger partial charge on any atom is 0.119 e. The smallest absolute Gasteiger partial charge is 0.119 e. The first-order valence-electron chi connectivity index (χ1n) is 7.12. The lowest BCUT2D eigenvalue weighted by atomic mass is 10.2. The molecule has 21 heavy (non-hydrogen) atoms. The molecule has 2 rings (SSSR count). The van der Waals surface area contributed by atoms with Gasteiger partial charge >= 0.3 is 0 Å². The van der Waals surface area contributed by atoms with Crippen LogP contribution in [0.4, 0.5) is 5.69 Å². The topological polar surface area (TPSA) is 38.5 Å². The summed E-state index contributed by atoms with van der Waals surface area (Å²) in [6.07, 6.45) is 0. The van der Waals surface area contributed by atoms with E-state index >= 15 is 0 Å². The third-order valence-electron chi connectivity index (χ3n) is 3.29. The number of benzene rings is 2. The highest BCUT2D eigenvalue weighted by Crippen LogP contribution is 2.16. The summed E-state index contributed by atoms with van der Waals surface area (Å²) in [7, 11) is 0. The normalized spacial score (nSPS) is 10.8. The summed E-state index contributed by atoms with van der Waals surface area (Å²) >= 11 is 3.42. The lowest BCUT2D eigenvalue weighted by molar-refractivity contribution is 0.210. The molecule has 4 heteroatoms. The molecule has 0 radical (unpaired) electrons. The summed E-state index contributed by atoms with van der Waals surface area (Å²) in [5.74, 6) is 0.901. The summed E-state index contributed by atoms with van der Waals surface area (Å²) in [6.45, 7) is 5.61. The van der Waals surface area contributed by atoms with E-state index in [1.165, 1.54) is 5.56 Å². The Morgan fingerprint density at radius 1 is 1.14 bits per heavy atom. The van der Waals surface area contributed by atoms with Crippen molar-refractivity contribution in [2.24, 2.45) is 0 Å². The van der Waals surface area contributed by atoms with Crippen LogP contribution in [0.1, 0.15) is 12.5 Å². The summed E-state index contributed by atoms with van der Waals surface area (Å²) < 4.78 is 6.83. The Bertz CT molecular complexity index is 557. The van der Waals surface area contributed by atoms with Crippen molar-refractivity contribution in [2.45, 2.75) is 13.5 Å². The van der Waals surface area contributed by atoms with Crippen LogP contribution in [0.3, 0.4) is 0 Å². The van der Waals surface area contributed by atoms with E-state index in [0.717, 1.165) is 35.5 Å². The van der Waals surface area contributed by atoms with Crippen LogP contribution in [0.5, 0.6) is 5.75 Å². The highest BCUT2D eigenvalue weighted by molar-refractivity contribution is 9.10. The zero-order valence-electron chi connectivity index (χ0n) is 12.3. The van der Waals surface area contributed by atoms with E-state index in [2.05, 4.69) is 33.8 Å². The molecule has 112 valence electrons. The SMILES string of the molecule is CCN(CCOc1ccc(Br)cc1)Cc1cccc(N)c1. The van der Waals surface area contributed by atoms with Crippen molar-refractivity contribution in [3.63, 3.8) is 0 Å². The number of hydrogen-bond acceptors (Lipinski definition) is 3. The van der Waals surface area contributed by atoms with E-state index in [0.29, 0.717) is 6.61 Å². The summed E-state index contributed by atoms with van der Waals surface area (Å²) in [6, 6.07) is 16.0. The largest absolute Gasteiger partial charge is 0.492 e. The standard InChI is InChI=1S/C17H21BrN2O/c1-2-20(13-14-4-3-5-16(19)12-14)10-11-21-17-8-6-15(18)7-9-17/h3-9,12H,2,10-11,13,19H2,1H3. The molecule has 0 amide bonds. The number of anilines is 1. The molecule has 0 aliphatic rings. The molecule has 0 spiro atoms. The lowest BCUT2D eigenvalue weighted by Gasteiger charge is -2.20. The van der Waals surface area contributed by atoms with Crippen LogP contribution in [0, 0.1) is 0 Å². The third kappa shape index (κ3) is 5.40. The van der Waals surface area contributed by atoms with E-state index in [-0.39, 0.29) is 0 Å². The Morgan fingerprint density at radius 3 is 2.57 bits per heavy atom. The zero-order valence-corrected chi connectivity index (χ0v) is 13.8. The van der Waals surface area contributed by atoms with Gasteiger partial charge in [-0.15, -0.1) is 0 Å². The fraction of sp³-hybridized carbons (Fsp3) is 0.294. The van der Waals surface area contributed by atoms with Crippen molar-refractivity contribution < 1.29 is 4.74 Å². The van der Waals surface area contributed by atoms with Crippen molar-refractivity contribution in [1.29, 1.82) is 0 Å². The molecule has 0 fully saturated rings. The second-order valence-electron chi connectivity index (χ2n) is 4.92. The van der Waals surface area contributed by atoms with E-state index in [9.17, 15) is 0 Å². The minimum atomic E-state index is 0.678. The van der Waals surface area contributed by atoms with Crippen LogP contribution in [-0.2, 0) is 6.54 Å². The first-order chi connectivity index (χ1) is 10.2. The molecule has 0 saturated heterocycles. The van der Waals surface area contributed by atoms with Crippen LogP contribution in [0.2, 0.25) is 0 Å². The Morgan fingerprint density at radius 2 is 1.90 bits per heavy atom. The zero-order chi connectivity index (χ0) is 15.1. The van der Waals surface area contributed by atoms with Gasteiger partial charge in [0, 0.05) is 23.2 Å². The monoisotopic (exact) mass is 348 g/mol. The van der Waals surface area contributed by atoms with Gasteiger partial charge in [-0.05, 0) is 48.5 Å². The van der Waals surface area contributed by atoms with E-state index in [1.54, 1.807) is 0 Å². The number of nitrogens with zero attached hydrogens (tertiary/aromatic N) is 1.